The zero-order valence-electron chi connectivity index (χ0n) is 22.3. The molecular formula is C28H35BrN4O5. The molecule has 204 valence electrons. The van der Waals surface area contributed by atoms with Crippen molar-refractivity contribution in [3.8, 4) is 0 Å². The van der Waals surface area contributed by atoms with Crippen LogP contribution in [-0.4, -0.2) is 52.9 Å². The predicted octanol–water partition coefficient (Wildman–Crippen LogP) is 5.18. The van der Waals surface area contributed by atoms with Gasteiger partial charge in [0.2, 0.25) is 11.8 Å². The summed E-state index contributed by atoms with van der Waals surface area (Å²) in [4.78, 5) is 53.7. The number of halogens is 1. The molecule has 0 radical (unpaired) electrons. The van der Waals surface area contributed by atoms with Gasteiger partial charge in [-0.2, -0.15) is 0 Å². The molecule has 3 rings (SSSR count). The first-order valence-electron chi connectivity index (χ1n) is 12.6. The molecule has 1 heterocycles. The molecule has 9 nitrogen and oxygen atoms in total. The summed E-state index contributed by atoms with van der Waals surface area (Å²) in [6.45, 7) is 9.25. The van der Waals surface area contributed by atoms with Gasteiger partial charge in [0.15, 0.2) is 0 Å². The fraction of sp³-hybridized carbons (Fsp3) is 0.429. The van der Waals surface area contributed by atoms with Gasteiger partial charge in [0.25, 0.3) is 5.91 Å². The summed E-state index contributed by atoms with van der Waals surface area (Å²) in [5.74, 6) is -1.33. The molecule has 0 unspecified atom stereocenters. The topological polar surface area (TPSA) is 117 Å². The average molecular weight is 588 g/mol. The largest absolute Gasteiger partial charge is 0.444 e. The summed E-state index contributed by atoms with van der Waals surface area (Å²) in [7, 11) is 0. The second kappa shape index (κ2) is 12.4. The number of benzene rings is 2. The molecule has 0 aliphatic carbocycles. The monoisotopic (exact) mass is 586 g/mol. The number of ether oxygens (including phenoxy) is 1. The molecule has 2 aromatic rings. The summed E-state index contributed by atoms with van der Waals surface area (Å²) in [6.07, 6.45) is 0.526. The summed E-state index contributed by atoms with van der Waals surface area (Å²) in [5.41, 5.74) is 0.501. The van der Waals surface area contributed by atoms with Crippen molar-refractivity contribution in [3.05, 3.63) is 58.6 Å². The van der Waals surface area contributed by atoms with Crippen LogP contribution in [0, 0.1) is 5.92 Å². The van der Waals surface area contributed by atoms with E-state index in [9.17, 15) is 19.2 Å². The molecule has 0 spiro atoms. The molecular weight excluding hydrogens is 552 g/mol. The zero-order valence-corrected chi connectivity index (χ0v) is 23.9. The Balaban J connectivity index is 1.75. The van der Waals surface area contributed by atoms with E-state index in [1.807, 2.05) is 12.1 Å². The highest BCUT2D eigenvalue weighted by Crippen LogP contribution is 2.26. The maximum Gasteiger partial charge on any atom is 0.408 e. The van der Waals surface area contributed by atoms with E-state index >= 15 is 0 Å². The lowest BCUT2D eigenvalue weighted by molar-refractivity contribution is -0.120. The van der Waals surface area contributed by atoms with Crippen LogP contribution in [0.4, 0.5) is 16.2 Å². The van der Waals surface area contributed by atoms with Gasteiger partial charge in [-0.3, -0.25) is 14.4 Å². The van der Waals surface area contributed by atoms with Gasteiger partial charge in [0.05, 0.1) is 11.3 Å². The minimum Gasteiger partial charge on any atom is -0.444 e. The number of amides is 4. The number of anilines is 2. The van der Waals surface area contributed by atoms with Crippen LogP contribution in [0.15, 0.2) is 53.0 Å². The predicted molar refractivity (Wildman–Crippen MR) is 150 cm³/mol. The van der Waals surface area contributed by atoms with Crippen LogP contribution in [0.25, 0.3) is 0 Å². The molecule has 2 aromatic carbocycles. The molecule has 0 bridgehead atoms. The molecule has 1 saturated heterocycles. The minimum absolute atomic E-state index is 0.240. The van der Waals surface area contributed by atoms with Crippen molar-refractivity contribution in [3.63, 3.8) is 0 Å². The molecule has 3 N–H and O–H groups in total. The van der Waals surface area contributed by atoms with Crippen molar-refractivity contribution >= 4 is 51.1 Å². The van der Waals surface area contributed by atoms with Crippen molar-refractivity contribution < 1.29 is 23.9 Å². The summed E-state index contributed by atoms with van der Waals surface area (Å²) in [6, 6.07) is 12.4. The van der Waals surface area contributed by atoms with Crippen molar-refractivity contribution in [2.45, 2.75) is 65.1 Å². The number of nitrogens with zero attached hydrogens (tertiary/aromatic N) is 1. The van der Waals surface area contributed by atoms with Crippen molar-refractivity contribution in [1.29, 1.82) is 0 Å². The lowest BCUT2D eigenvalue weighted by Crippen LogP contribution is -2.49. The average Bonchev–Trinajstić information content (AvgIpc) is 3.33. The van der Waals surface area contributed by atoms with E-state index < -0.39 is 29.7 Å². The zero-order chi connectivity index (χ0) is 28.0. The van der Waals surface area contributed by atoms with Crippen LogP contribution in [0.3, 0.4) is 0 Å². The Morgan fingerprint density at radius 1 is 1.00 bits per heavy atom. The van der Waals surface area contributed by atoms with E-state index in [1.165, 1.54) is 4.90 Å². The summed E-state index contributed by atoms with van der Waals surface area (Å²) < 4.78 is 6.20. The quantitative estimate of drug-likeness (QED) is 0.413. The lowest BCUT2D eigenvalue weighted by atomic mass is 10.0. The first-order chi connectivity index (χ1) is 17.9. The van der Waals surface area contributed by atoms with Gasteiger partial charge in [-0.1, -0.05) is 41.9 Å². The number of rotatable bonds is 7. The summed E-state index contributed by atoms with van der Waals surface area (Å²) in [5, 5.41) is 8.29. The smallest absolute Gasteiger partial charge is 0.408 e. The number of carbonyl (C=O) groups is 4. The number of hydrogen-bond acceptors (Lipinski definition) is 5. The Labute approximate surface area is 231 Å². The third-order valence-corrected chi connectivity index (χ3v) is 6.49. The first-order valence-corrected chi connectivity index (χ1v) is 13.4. The van der Waals surface area contributed by atoms with Crippen LogP contribution in [0.5, 0.6) is 0 Å². The van der Waals surface area contributed by atoms with Crippen molar-refractivity contribution in [1.82, 2.24) is 10.2 Å². The Bertz CT molecular complexity index is 1180. The molecule has 1 aliphatic rings. The van der Waals surface area contributed by atoms with E-state index in [4.69, 9.17) is 4.74 Å². The van der Waals surface area contributed by atoms with Gasteiger partial charge in [0, 0.05) is 16.7 Å². The summed E-state index contributed by atoms with van der Waals surface area (Å²) >= 11 is 3.37. The van der Waals surface area contributed by atoms with Gasteiger partial charge in [-0.05, 0) is 75.9 Å². The Kier molecular flexibility index (Phi) is 9.54. The fourth-order valence-electron chi connectivity index (χ4n) is 4.15. The normalized spacial score (nSPS) is 16.1. The molecule has 1 fully saturated rings. The van der Waals surface area contributed by atoms with Crippen LogP contribution >= 0.6 is 15.9 Å². The second-order valence-electron chi connectivity index (χ2n) is 10.6. The van der Waals surface area contributed by atoms with E-state index in [0.29, 0.717) is 30.8 Å². The lowest BCUT2D eigenvalue weighted by Gasteiger charge is -2.27. The molecule has 2 atom stereocenters. The molecule has 38 heavy (non-hydrogen) atoms. The van der Waals surface area contributed by atoms with E-state index in [0.717, 1.165) is 4.47 Å². The van der Waals surface area contributed by atoms with E-state index in [2.05, 4.69) is 31.9 Å². The van der Waals surface area contributed by atoms with E-state index in [-0.39, 0.29) is 23.3 Å². The molecule has 0 saturated carbocycles. The molecule has 0 aromatic heterocycles. The number of likely N-dealkylation sites (tertiary alicyclic amines) is 1. The van der Waals surface area contributed by atoms with Gasteiger partial charge >= 0.3 is 6.09 Å². The molecule has 10 heteroatoms. The number of hydrogen-bond donors (Lipinski definition) is 3. The number of carbonyl (C=O) groups excluding carboxylic acids is 4. The maximum atomic E-state index is 13.6. The molecule has 1 aliphatic heterocycles. The van der Waals surface area contributed by atoms with Crippen LogP contribution in [-0.2, 0) is 14.3 Å². The van der Waals surface area contributed by atoms with Crippen LogP contribution in [0.2, 0.25) is 0 Å². The molecule has 4 amide bonds. The minimum atomic E-state index is -0.885. The third kappa shape index (κ3) is 7.80. The van der Waals surface area contributed by atoms with Crippen molar-refractivity contribution in [2.75, 3.05) is 17.2 Å². The Morgan fingerprint density at radius 2 is 1.66 bits per heavy atom. The van der Waals surface area contributed by atoms with Gasteiger partial charge in [-0.15, -0.1) is 0 Å². The second-order valence-corrected chi connectivity index (χ2v) is 11.5. The standard InChI is InChI=1S/C28H35BrN4O5/c1-17(2)23(32-27(37)38-28(3,4)5)25(35)31-21-10-7-6-9-20(21)26(36)33-16-8-11-22(33)24(34)30-19-14-12-18(29)13-15-19/h6-7,9-10,12-15,17,22-23H,8,11,16H2,1-5H3,(H,30,34)(H,31,35)(H,32,37)/t22-,23-/m0/s1. The highest BCUT2D eigenvalue weighted by molar-refractivity contribution is 9.10. The van der Waals surface area contributed by atoms with Gasteiger partial charge < -0.3 is 25.6 Å². The first kappa shape index (κ1) is 29.2. The third-order valence-electron chi connectivity index (χ3n) is 5.96. The Morgan fingerprint density at radius 3 is 2.29 bits per heavy atom. The number of para-hydroxylation sites is 1. The van der Waals surface area contributed by atoms with Crippen molar-refractivity contribution in [2.24, 2.45) is 5.92 Å². The highest BCUT2D eigenvalue weighted by Gasteiger charge is 2.36. The van der Waals surface area contributed by atoms with Gasteiger partial charge in [-0.25, -0.2) is 4.79 Å². The Hall–Kier alpha value is -3.40. The maximum absolute atomic E-state index is 13.6. The van der Waals surface area contributed by atoms with Crippen LogP contribution < -0.4 is 16.0 Å². The van der Waals surface area contributed by atoms with E-state index in [1.54, 1.807) is 71.0 Å². The fourth-order valence-corrected chi connectivity index (χ4v) is 4.42. The SMILES string of the molecule is CC(C)[C@H](NC(=O)OC(C)(C)C)C(=O)Nc1ccccc1C(=O)N1CCC[C@H]1C(=O)Nc1ccc(Br)cc1. The van der Waals surface area contributed by atoms with Gasteiger partial charge in [0.1, 0.15) is 17.7 Å². The highest BCUT2D eigenvalue weighted by atomic mass is 79.9. The number of nitrogens with one attached hydrogen (secondary N) is 3. The van der Waals surface area contributed by atoms with Crippen LogP contribution in [0.1, 0.15) is 57.8 Å². The number of alkyl carbamates (subject to hydrolysis) is 1.